The molecule has 4 aromatic rings. The second kappa shape index (κ2) is 6.36. The Balaban J connectivity index is 0.00000168. The quantitative estimate of drug-likeness (QED) is 0.285. The number of benzene rings is 4. The number of rotatable bonds is 0. The van der Waals surface area contributed by atoms with Crippen molar-refractivity contribution in [1.29, 1.82) is 0 Å². The standard InChI is InChI=1S/C24H22N.HI/c1-25(2)15-19-13-11-17-7-3-5-9-21(17)23(19)24-20(16-25)14-12-18-8-4-6-10-22(18)24;/h3-14H,15-16H2,1-2H3;1H/q+1;/p-1. The van der Waals surface area contributed by atoms with Gasteiger partial charge in [-0.25, -0.2) is 0 Å². The van der Waals surface area contributed by atoms with Crippen LogP contribution in [0.5, 0.6) is 0 Å². The van der Waals surface area contributed by atoms with Gasteiger partial charge >= 0.3 is 0 Å². The molecule has 1 aliphatic heterocycles. The van der Waals surface area contributed by atoms with Gasteiger partial charge in [0.2, 0.25) is 0 Å². The van der Waals surface area contributed by atoms with Crippen LogP contribution in [0, 0.1) is 0 Å². The van der Waals surface area contributed by atoms with E-state index in [4.69, 9.17) is 0 Å². The van der Waals surface area contributed by atoms with Crippen molar-refractivity contribution in [3.63, 3.8) is 0 Å². The van der Waals surface area contributed by atoms with Crippen molar-refractivity contribution in [2.75, 3.05) is 14.1 Å². The van der Waals surface area contributed by atoms with E-state index >= 15 is 0 Å². The number of nitrogens with zero attached hydrogens (tertiary/aromatic N) is 1. The Kier molecular flexibility index (Phi) is 4.28. The molecule has 2 heteroatoms. The van der Waals surface area contributed by atoms with Crippen LogP contribution in [-0.4, -0.2) is 18.6 Å². The average molecular weight is 451 g/mol. The summed E-state index contributed by atoms with van der Waals surface area (Å²) in [6.07, 6.45) is 0. The summed E-state index contributed by atoms with van der Waals surface area (Å²) < 4.78 is 0.983. The number of halogens is 1. The Hall–Kier alpha value is -1.91. The summed E-state index contributed by atoms with van der Waals surface area (Å²) in [6, 6.07) is 26.9. The molecule has 5 rings (SSSR count). The van der Waals surface area contributed by atoms with Gasteiger partial charge in [0.1, 0.15) is 13.1 Å². The molecule has 0 saturated carbocycles. The predicted octanol–water partition coefficient (Wildman–Crippen LogP) is 2.75. The molecule has 0 amide bonds. The molecule has 0 bridgehead atoms. The van der Waals surface area contributed by atoms with Gasteiger partial charge in [0.15, 0.2) is 0 Å². The van der Waals surface area contributed by atoms with Gasteiger partial charge < -0.3 is 28.5 Å². The molecule has 130 valence electrons. The summed E-state index contributed by atoms with van der Waals surface area (Å²) in [5.41, 5.74) is 5.79. The Morgan fingerprint density at radius 3 is 1.46 bits per heavy atom. The fraction of sp³-hybridized carbons (Fsp3) is 0.167. The van der Waals surface area contributed by atoms with E-state index in [1.165, 1.54) is 43.8 Å². The third kappa shape index (κ3) is 2.72. The number of fused-ring (bicyclic) bond motifs is 7. The minimum absolute atomic E-state index is 0. The van der Waals surface area contributed by atoms with Crippen LogP contribution < -0.4 is 24.0 Å². The first kappa shape index (κ1) is 17.5. The van der Waals surface area contributed by atoms with Crippen LogP contribution in [0.15, 0.2) is 72.8 Å². The summed E-state index contributed by atoms with van der Waals surface area (Å²) in [5, 5.41) is 5.40. The number of hydrogen-bond donors (Lipinski definition) is 0. The molecule has 1 aliphatic rings. The molecular weight excluding hydrogens is 429 g/mol. The SMILES string of the molecule is C[N+]1(C)Cc2ccc3ccccc3c2-c2c(ccc3ccccc23)C1.[I-]. The lowest BCUT2D eigenvalue weighted by atomic mass is 9.88. The van der Waals surface area contributed by atoms with Crippen molar-refractivity contribution >= 4 is 21.5 Å². The monoisotopic (exact) mass is 451 g/mol. The normalized spacial score (nSPS) is 15.0. The average Bonchev–Trinajstić information content (AvgIpc) is 2.73. The van der Waals surface area contributed by atoms with Gasteiger partial charge in [0.05, 0.1) is 14.1 Å². The molecule has 0 unspecified atom stereocenters. The first-order valence-electron chi connectivity index (χ1n) is 8.96. The van der Waals surface area contributed by atoms with E-state index in [9.17, 15) is 0 Å². The Morgan fingerprint density at radius 2 is 1.00 bits per heavy atom. The zero-order valence-electron chi connectivity index (χ0n) is 15.2. The highest BCUT2D eigenvalue weighted by molar-refractivity contribution is 6.07. The first-order valence-corrected chi connectivity index (χ1v) is 8.96. The molecular formula is C24H22IN. The summed E-state index contributed by atoms with van der Waals surface area (Å²) in [7, 11) is 4.67. The highest BCUT2D eigenvalue weighted by atomic mass is 127. The number of quaternary nitrogens is 1. The minimum Gasteiger partial charge on any atom is -1.00 e. The van der Waals surface area contributed by atoms with Gasteiger partial charge in [0.25, 0.3) is 0 Å². The maximum absolute atomic E-state index is 2.34. The fourth-order valence-electron chi connectivity index (χ4n) is 4.47. The van der Waals surface area contributed by atoms with E-state index in [0.717, 1.165) is 17.6 Å². The smallest absolute Gasteiger partial charge is 0.105 e. The highest BCUT2D eigenvalue weighted by Gasteiger charge is 2.28. The van der Waals surface area contributed by atoms with Crippen molar-refractivity contribution in [2.24, 2.45) is 0 Å². The van der Waals surface area contributed by atoms with Crippen LogP contribution in [0.4, 0.5) is 0 Å². The van der Waals surface area contributed by atoms with Gasteiger partial charge in [-0.15, -0.1) is 0 Å². The minimum atomic E-state index is 0. The van der Waals surface area contributed by atoms with E-state index in [1.807, 2.05) is 0 Å². The van der Waals surface area contributed by atoms with Crippen LogP contribution in [0.2, 0.25) is 0 Å². The van der Waals surface area contributed by atoms with Crippen molar-refractivity contribution < 1.29 is 28.5 Å². The zero-order chi connectivity index (χ0) is 17.0. The lowest BCUT2D eigenvalue weighted by molar-refractivity contribution is -0.916. The molecule has 0 N–H and O–H groups in total. The zero-order valence-corrected chi connectivity index (χ0v) is 17.3. The largest absolute Gasteiger partial charge is 1.00 e. The highest BCUT2D eigenvalue weighted by Crippen LogP contribution is 2.42. The second-order valence-electron chi connectivity index (χ2n) is 7.89. The van der Waals surface area contributed by atoms with Crippen molar-refractivity contribution in [2.45, 2.75) is 13.1 Å². The van der Waals surface area contributed by atoms with Gasteiger partial charge in [-0.2, -0.15) is 0 Å². The van der Waals surface area contributed by atoms with Gasteiger partial charge in [-0.3, -0.25) is 0 Å². The lowest BCUT2D eigenvalue weighted by Crippen LogP contribution is -3.00. The third-order valence-corrected chi connectivity index (χ3v) is 5.48. The van der Waals surface area contributed by atoms with Crippen LogP contribution >= 0.6 is 0 Å². The molecule has 1 nitrogen and oxygen atoms in total. The third-order valence-electron chi connectivity index (χ3n) is 5.48. The molecule has 26 heavy (non-hydrogen) atoms. The molecule has 0 fully saturated rings. The van der Waals surface area contributed by atoms with E-state index in [1.54, 1.807) is 0 Å². The lowest BCUT2D eigenvalue weighted by Gasteiger charge is -2.28. The van der Waals surface area contributed by atoms with E-state index < -0.39 is 0 Å². The molecule has 0 saturated heterocycles. The maximum Gasteiger partial charge on any atom is 0.105 e. The van der Waals surface area contributed by atoms with Crippen molar-refractivity contribution in [1.82, 2.24) is 0 Å². The van der Waals surface area contributed by atoms with E-state index in [-0.39, 0.29) is 24.0 Å². The van der Waals surface area contributed by atoms with E-state index in [0.29, 0.717) is 0 Å². The van der Waals surface area contributed by atoms with Gasteiger partial charge in [0, 0.05) is 11.1 Å². The fourth-order valence-corrected chi connectivity index (χ4v) is 4.47. The Labute approximate surface area is 171 Å². The summed E-state index contributed by atoms with van der Waals surface area (Å²) >= 11 is 0. The Morgan fingerprint density at radius 1 is 0.577 bits per heavy atom. The molecule has 0 aliphatic carbocycles. The van der Waals surface area contributed by atoms with Crippen LogP contribution in [0.1, 0.15) is 11.1 Å². The topological polar surface area (TPSA) is 0 Å². The summed E-state index contributed by atoms with van der Waals surface area (Å²) in [6.45, 7) is 2.12. The van der Waals surface area contributed by atoms with Crippen LogP contribution in [0.25, 0.3) is 32.7 Å². The van der Waals surface area contributed by atoms with Crippen molar-refractivity contribution in [3.8, 4) is 11.1 Å². The second-order valence-corrected chi connectivity index (χ2v) is 7.89. The maximum atomic E-state index is 2.34. The molecule has 0 aromatic heterocycles. The van der Waals surface area contributed by atoms with Gasteiger partial charge in [-0.05, 0) is 32.7 Å². The molecule has 0 spiro atoms. The molecule has 0 radical (unpaired) electrons. The first-order chi connectivity index (χ1) is 12.1. The van der Waals surface area contributed by atoms with Gasteiger partial charge in [-0.1, -0.05) is 72.8 Å². The van der Waals surface area contributed by atoms with Crippen LogP contribution in [0.3, 0.4) is 0 Å². The summed E-state index contributed by atoms with van der Waals surface area (Å²) in [4.78, 5) is 0. The van der Waals surface area contributed by atoms with Crippen LogP contribution in [-0.2, 0) is 13.1 Å². The molecule has 0 atom stereocenters. The predicted molar refractivity (Wildman–Crippen MR) is 106 cm³/mol. The van der Waals surface area contributed by atoms with E-state index in [2.05, 4.69) is 86.9 Å². The van der Waals surface area contributed by atoms with Crippen molar-refractivity contribution in [3.05, 3.63) is 83.9 Å². The molecule has 1 heterocycles. The molecule has 4 aromatic carbocycles. The Bertz CT molecular complexity index is 1040. The summed E-state index contributed by atoms with van der Waals surface area (Å²) in [5.74, 6) is 0. The number of hydrogen-bond acceptors (Lipinski definition) is 0.